The third-order valence-corrected chi connectivity index (χ3v) is 3.38. The van der Waals surface area contributed by atoms with E-state index >= 15 is 0 Å². The van der Waals surface area contributed by atoms with Crippen molar-refractivity contribution >= 4 is 0 Å². The first-order valence-corrected chi connectivity index (χ1v) is 7.18. The third-order valence-electron chi connectivity index (χ3n) is 3.38. The van der Waals surface area contributed by atoms with Crippen LogP contribution in [0.5, 0.6) is 11.5 Å². The van der Waals surface area contributed by atoms with E-state index in [9.17, 15) is 0 Å². The second-order valence-corrected chi connectivity index (χ2v) is 4.84. The van der Waals surface area contributed by atoms with Crippen molar-refractivity contribution in [3.63, 3.8) is 0 Å². The highest BCUT2D eigenvalue weighted by Crippen LogP contribution is 2.29. The fourth-order valence-corrected chi connectivity index (χ4v) is 2.16. The van der Waals surface area contributed by atoms with Crippen LogP contribution in [0.15, 0.2) is 18.2 Å². The molecule has 0 aliphatic carbocycles. The Morgan fingerprint density at radius 1 is 1.11 bits per heavy atom. The van der Waals surface area contributed by atoms with Gasteiger partial charge in [-0.25, -0.2) is 0 Å². The van der Waals surface area contributed by atoms with Gasteiger partial charge in [-0.2, -0.15) is 0 Å². The van der Waals surface area contributed by atoms with Crippen molar-refractivity contribution in [1.29, 1.82) is 0 Å². The van der Waals surface area contributed by atoms with Crippen LogP contribution in [-0.4, -0.2) is 20.8 Å². The Kier molecular flexibility index (Phi) is 7.34. The van der Waals surface area contributed by atoms with E-state index in [-0.39, 0.29) is 6.04 Å². The van der Waals surface area contributed by atoms with Gasteiger partial charge in [0.1, 0.15) is 11.5 Å². The Hall–Kier alpha value is -1.22. The number of nitrogens with one attached hydrogen (secondary N) is 1. The Bertz CT molecular complexity index is 366. The molecule has 0 heterocycles. The van der Waals surface area contributed by atoms with E-state index in [1.54, 1.807) is 14.2 Å². The summed E-state index contributed by atoms with van der Waals surface area (Å²) in [6, 6.07) is 6.20. The zero-order chi connectivity index (χ0) is 14.1. The second kappa shape index (κ2) is 8.81. The summed E-state index contributed by atoms with van der Waals surface area (Å²) in [7, 11) is 3.40. The van der Waals surface area contributed by atoms with Gasteiger partial charge in [0.15, 0.2) is 0 Å². The van der Waals surface area contributed by atoms with Gasteiger partial charge in [0.05, 0.1) is 14.2 Å². The first kappa shape index (κ1) is 15.8. The summed E-state index contributed by atoms with van der Waals surface area (Å²) in [5.41, 5.74) is 1.15. The van der Waals surface area contributed by atoms with Gasteiger partial charge in [-0.15, -0.1) is 0 Å². The number of benzene rings is 1. The van der Waals surface area contributed by atoms with Gasteiger partial charge in [0.25, 0.3) is 0 Å². The highest BCUT2D eigenvalue weighted by Gasteiger charge is 2.11. The minimum absolute atomic E-state index is 0.270. The van der Waals surface area contributed by atoms with Crippen molar-refractivity contribution in [2.45, 2.75) is 45.6 Å². The third kappa shape index (κ3) is 5.11. The fourth-order valence-electron chi connectivity index (χ4n) is 2.16. The summed E-state index contributed by atoms with van der Waals surface area (Å²) in [5.74, 6) is 1.78. The summed E-state index contributed by atoms with van der Waals surface area (Å²) < 4.78 is 10.7. The normalized spacial score (nSPS) is 12.2. The number of rotatable bonds is 9. The van der Waals surface area contributed by atoms with Crippen molar-refractivity contribution in [2.75, 3.05) is 20.8 Å². The monoisotopic (exact) mass is 265 g/mol. The first-order chi connectivity index (χ1) is 9.22. The standard InChI is InChI=1S/C16H27NO2/c1-5-6-7-8-11-17-13(2)15-12-14(18-3)9-10-16(15)19-4/h9-10,12-13,17H,5-8,11H2,1-4H3. The first-order valence-electron chi connectivity index (χ1n) is 7.18. The maximum atomic E-state index is 5.42. The Morgan fingerprint density at radius 2 is 1.89 bits per heavy atom. The van der Waals surface area contributed by atoms with Gasteiger partial charge in [-0.05, 0) is 38.1 Å². The van der Waals surface area contributed by atoms with Crippen LogP contribution >= 0.6 is 0 Å². The number of methoxy groups -OCH3 is 2. The van der Waals surface area contributed by atoms with Gasteiger partial charge in [-0.3, -0.25) is 0 Å². The summed E-state index contributed by atoms with van der Waals surface area (Å²) in [4.78, 5) is 0. The van der Waals surface area contributed by atoms with Crippen molar-refractivity contribution in [3.8, 4) is 11.5 Å². The van der Waals surface area contributed by atoms with Crippen LogP contribution in [0.3, 0.4) is 0 Å². The molecule has 108 valence electrons. The van der Waals surface area contributed by atoms with Crippen LogP contribution in [0.4, 0.5) is 0 Å². The molecule has 0 saturated carbocycles. The summed E-state index contributed by atoms with van der Waals surface area (Å²) in [6.45, 7) is 5.44. The fraction of sp³-hybridized carbons (Fsp3) is 0.625. The smallest absolute Gasteiger partial charge is 0.123 e. The Balaban J connectivity index is 2.56. The largest absolute Gasteiger partial charge is 0.497 e. The molecule has 0 fully saturated rings. The topological polar surface area (TPSA) is 30.5 Å². The molecule has 1 atom stereocenters. The van der Waals surface area contributed by atoms with E-state index in [1.807, 2.05) is 18.2 Å². The predicted molar refractivity (Wildman–Crippen MR) is 80.1 cm³/mol. The van der Waals surface area contributed by atoms with E-state index in [0.29, 0.717) is 0 Å². The summed E-state index contributed by atoms with van der Waals surface area (Å²) in [6.07, 6.45) is 5.12. The van der Waals surface area contributed by atoms with Gasteiger partial charge in [0.2, 0.25) is 0 Å². The number of ether oxygens (including phenoxy) is 2. The van der Waals surface area contributed by atoms with Crippen molar-refractivity contribution in [3.05, 3.63) is 23.8 Å². The zero-order valence-corrected chi connectivity index (χ0v) is 12.7. The predicted octanol–water partition coefficient (Wildman–Crippen LogP) is 3.93. The average Bonchev–Trinajstić information content (AvgIpc) is 2.46. The summed E-state index contributed by atoms with van der Waals surface area (Å²) in [5, 5.41) is 3.55. The molecule has 1 aromatic rings. The lowest BCUT2D eigenvalue weighted by Gasteiger charge is -2.18. The van der Waals surface area contributed by atoms with Crippen LogP contribution in [0.2, 0.25) is 0 Å². The molecule has 0 aliphatic heterocycles. The number of hydrogen-bond acceptors (Lipinski definition) is 3. The molecular formula is C16H27NO2. The van der Waals surface area contributed by atoms with Gasteiger partial charge in [-0.1, -0.05) is 26.2 Å². The summed E-state index contributed by atoms with van der Waals surface area (Å²) >= 11 is 0. The Labute approximate surface area is 117 Å². The molecular weight excluding hydrogens is 238 g/mol. The Morgan fingerprint density at radius 3 is 2.53 bits per heavy atom. The van der Waals surface area contributed by atoms with E-state index in [4.69, 9.17) is 9.47 Å². The molecule has 3 nitrogen and oxygen atoms in total. The molecule has 0 radical (unpaired) electrons. The van der Waals surface area contributed by atoms with Crippen LogP contribution in [0.25, 0.3) is 0 Å². The molecule has 1 unspecified atom stereocenters. The van der Waals surface area contributed by atoms with Crippen molar-refractivity contribution < 1.29 is 9.47 Å². The molecule has 0 aliphatic rings. The highest BCUT2D eigenvalue weighted by atomic mass is 16.5. The molecule has 19 heavy (non-hydrogen) atoms. The van der Waals surface area contributed by atoms with Gasteiger partial charge >= 0.3 is 0 Å². The SMILES string of the molecule is CCCCCCNC(C)c1cc(OC)ccc1OC. The van der Waals surface area contributed by atoms with E-state index in [1.165, 1.54) is 25.7 Å². The molecule has 0 saturated heterocycles. The maximum absolute atomic E-state index is 5.42. The number of unbranched alkanes of at least 4 members (excludes halogenated alkanes) is 3. The molecule has 1 aromatic carbocycles. The van der Waals surface area contributed by atoms with Crippen LogP contribution < -0.4 is 14.8 Å². The molecule has 0 aromatic heterocycles. The van der Waals surface area contributed by atoms with Crippen LogP contribution in [0.1, 0.15) is 51.1 Å². The maximum Gasteiger partial charge on any atom is 0.123 e. The molecule has 1 N–H and O–H groups in total. The molecule has 0 spiro atoms. The zero-order valence-electron chi connectivity index (χ0n) is 12.7. The van der Waals surface area contributed by atoms with Crippen molar-refractivity contribution in [1.82, 2.24) is 5.32 Å². The second-order valence-electron chi connectivity index (χ2n) is 4.84. The molecule has 1 rings (SSSR count). The van der Waals surface area contributed by atoms with Gasteiger partial charge in [0, 0.05) is 11.6 Å². The average molecular weight is 265 g/mol. The molecule has 3 heteroatoms. The lowest BCUT2D eigenvalue weighted by molar-refractivity contribution is 0.391. The minimum Gasteiger partial charge on any atom is -0.497 e. The lowest BCUT2D eigenvalue weighted by Crippen LogP contribution is -2.20. The van der Waals surface area contributed by atoms with E-state index < -0.39 is 0 Å². The number of hydrogen-bond donors (Lipinski definition) is 1. The van der Waals surface area contributed by atoms with Crippen molar-refractivity contribution in [2.24, 2.45) is 0 Å². The minimum atomic E-state index is 0.270. The quantitative estimate of drug-likeness (QED) is 0.686. The van der Waals surface area contributed by atoms with E-state index in [2.05, 4.69) is 19.2 Å². The lowest BCUT2D eigenvalue weighted by atomic mass is 10.1. The van der Waals surface area contributed by atoms with Crippen LogP contribution in [0, 0.1) is 0 Å². The van der Waals surface area contributed by atoms with E-state index in [0.717, 1.165) is 23.6 Å². The van der Waals surface area contributed by atoms with Crippen LogP contribution in [-0.2, 0) is 0 Å². The highest BCUT2D eigenvalue weighted by molar-refractivity contribution is 5.42. The van der Waals surface area contributed by atoms with Gasteiger partial charge < -0.3 is 14.8 Å². The molecule has 0 amide bonds. The molecule has 0 bridgehead atoms.